The minimum Gasteiger partial charge on any atom is -0.234 e. The van der Waals surface area contributed by atoms with Crippen molar-refractivity contribution in [3.63, 3.8) is 0 Å². The van der Waals surface area contributed by atoms with E-state index in [2.05, 4.69) is 18.2 Å². The third kappa shape index (κ3) is 7.15. The number of nitrogens with zero attached hydrogens (tertiary/aromatic N) is 1. The summed E-state index contributed by atoms with van der Waals surface area (Å²) in [5, 5.41) is 0. The third-order valence-electron chi connectivity index (χ3n) is 2.37. The Morgan fingerprint density at radius 2 is 1.50 bits per heavy atom. The summed E-state index contributed by atoms with van der Waals surface area (Å²) >= 11 is 0. The van der Waals surface area contributed by atoms with Crippen LogP contribution in [0.2, 0.25) is 0 Å². The van der Waals surface area contributed by atoms with E-state index in [1.165, 1.54) is 12.8 Å². The molecule has 96 valence electrons. The zero-order valence-electron chi connectivity index (χ0n) is 11.5. The molecule has 16 heavy (non-hydrogen) atoms. The molecule has 3 heteroatoms. The molecule has 0 saturated carbocycles. The molecule has 0 aromatic heterocycles. The van der Waals surface area contributed by atoms with E-state index in [0.717, 1.165) is 31.4 Å². The summed E-state index contributed by atoms with van der Waals surface area (Å²) in [6.07, 6.45) is 6.69. The fourth-order valence-corrected chi connectivity index (χ4v) is 1.92. The van der Waals surface area contributed by atoms with Crippen molar-refractivity contribution in [2.45, 2.75) is 77.9 Å². The Balaban J connectivity index is 4.47. The molecule has 0 fully saturated rings. The molecule has 0 amide bonds. The summed E-state index contributed by atoms with van der Waals surface area (Å²) in [6.45, 7) is 10.3. The number of rotatable bonds is 7. The summed E-state index contributed by atoms with van der Waals surface area (Å²) < 4.78 is 16.1. The molecule has 0 heterocycles. The lowest BCUT2D eigenvalue weighted by Crippen LogP contribution is -2.21. The first kappa shape index (κ1) is 15.8. The topological polar surface area (TPSA) is 29.4 Å². The zero-order valence-corrected chi connectivity index (χ0v) is 12.3. The summed E-state index contributed by atoms with van der Waals surface area (Å²) in [7, 11) is -1.09. The van der Waals surface area contributed by atoms with E-state index < -0.39 is 11.0 Å². The summed E-state index contributed by atoms with van der Waals surface area (Å²) in [6, 6.07) is 0. The molecule has 0 bridgehead atoms. The maximum atomic E-state index is 11.9. The maximum absolute atomic E-state index is 11.9. The van der Waals surface area contributed by atoms with Crippen molar-refractivity contribution < 1.29 is 4.21 Å². The minimum absolute atomic E-state index is 0.232. The van der Waals surface area contributed by atoms with Gasteiger partial charge in [0.1, 0.15) is 11.0 Å². The third-order valence-corrected chi connectivity index (χ3v) is 3.85. The fraction of sp³-hybridized carbons (Fsp3) is 0.923. The summed E-state index contributed by atoms with van der Waals surface area (Å²) in [5.74, 6) is 0. The normalized spacial score (nSPS) is 13.6. The molecule has 0 aromatic rings. The second-order valence-corrected chi connectivity index (χ2v) is 7.13. The van der Waals surface area contributed by atoms with Crippen molar-refractivity contribution in [1.29, 1.82) is 0 Å². The number of hydrogen-bond donors (Lipinski definition) is 0. The number of unbranched alkanes of at least 4 members (excludes halogenated alkanes) is 2. The van der Waals surface area contributed by atoms with Gasteiger partial charge in [0, 0.05) is 5.71 Å². The molecule has 0 radical (unpaired) electrons. The standard InChI is InChI=1S/C13H27NOS/c1-6-8-10-12(11-9-7-2)14-16(15)13(3,4)5/h6-11H2,1-5H3. The van der Waals surface area contributed by atoms with Gasteiger partial charge in [-0.2, -0.15) is 4.40 Å². The van der Waals surface area contributed by atoms with Gasteiger partial charge in [0.25, 0.3) is 0 Å². The Kier molecular flexibility index (Phi) is 7.90. The monoisotopic (exact) mass is 245 g/mol. The van der Waals surface area contributed by atoms with Crippen molar-refractivity contribution in [2.75, 3.05) is 0 Å². The molecule has 0 N–H and O–H groups in total. The van der Waals surface area contributed by atoms with Gasteiger partial charge < -0.3 is 0 Å². The highest BCUT2D eigenvalue weighted by Crippen LogP contribution is 2.15. The van der Waals surface area contributed by atoms with Crippen LogP contribution in [0.25, 0.3) is 0 Å². The molecule has 0 spiro atoms. The van der Waals surface area contributed by atoms with E-state index in [0.29, 0.717) is 0 Å². The Morgan fingerprint density at radius 1 is 1.06 bits per heavy atom. The summed E-state index contributed by atoms with van der Waals surface area (Å²) in [5.41, 5.74) is 1.15. The van der Waals surface area contributed by atoms with E-state index >= 15 is 0 Å². The minimum atomic E-state index is -1.09. The molecule has 1 unspecified atom stereocenters. The van der Waals surface area contributed by atoms with Gasteiger partial charge in [0.2, 0.25) is 0 Å². The highest BCUT2D eigenvalue weighted by molar-refractivity contribution is 7.85. The van der Waals surface area contributed by atoms with Crippen LogP contribution in [0.4, 0.5) is 0 Å². The lowest BCUT2D eigenvalue weighted by atomic mass is 10.1. The quantitative estimate of drug-likeness (QED) is 0.616. The lowest BCUT2D eigenvalue weighted by Gasteiger charge is -2.15. The molecule has 1 atom stereocenters. The van der Waals surface area contributed by atoms with E-state index in [-0.39, 0.29) is 4.75 Å². The van der Waals surface area contributed by atoms with Crippen LogP contribution in [-0.4, -0.2) is 14.7 Å². The molecule has 0 aromatic carbocycles. The van der Waals surface area contributed by atoms with Gasteiger partial charge in [0.15, 0.2) is 0 Å². The van der Waals surface area contributed by atoms with Crippen LogP contribution in [0.15, 0.2) is 4.40 Å². The van der Waals surface area contributed by atoms with Gasteiger partial charge in [-0.05, 0) is 46.5 Å². The highest BCUT2D eigenvalue weighted by Gasteiger charge is 2.19. The van der Waals surface area contributed by atoms with E-state index in [9.17, 15) is 4.21 Å². The van der Waals surface area contributed by atoms with Crippen molar-refractivity contribution >= 4 is 16.7 Å². The predicted molar refractivity (Wildman–Crippen MR) is 74.4 cm³/mol. The van der Waals surface area contributed by atoms with Crippen LogP contribution < -0.4 is 0 Å². The SMILES string of the molecule is CCCCC(CCCC)=NS(=O)C(C)(C)C. The first-order chi connectivity index (χ1) is 7.41. The molecule has 0 saturated heterocycles. The fourth-order valence-electron chi connectivity index (χ4n) is 1.23. The predicted octanol–water partition coefficient (Wildman–Crippen LogP) is 4.27. The smallest absolute Gasteiger partial charge is 0.144 e. The average Bonchev–Trinajstić information content (AvgIpc) is 2.20. The zero-order chi connectivity index (χ0) is 12.6. The largest absolute Gasteiger partial charge is 0.234 e. The van der Waals surface area contributed by atoms with Crippen molar-refractivity contribution in [3.8, 4) is 0 Å². The van der Waals surface area contributed by atoms with Crippen LogP contribution in [0.1, 0.15) is 73.1 Å². The molecule has 2 nitrogen and oxygen atoms in total. The Hall–Kier alpha value is -0.180. The molecule has 0 rings (SSSR count). The lowest BCUT2D eigenvalue weighted by molar-refractivity contribution is 0.650. The van der Waals surface area contributed by atoms with Crippen LogP contribution in [-0.2, 0) is 11.0 Å². The molecule has 0 aliphatic rings. The van der Waals surface area contributed by atoms with Gasteiger partial charge in [-0.15, -0.1) is 0 Å². The first-order valence-electron chi connectivity index (χ1n) is 6.40. The molecule has 0 aliphatic carbocycles. The Morgan fingerprint density at radius 3 is 1.81 bits per heavy atom. The van der Waals surface area contributed by atoms with Crippen LogP contribution >= 0.6 is 0 Å². The van der Waals surface area contributed by atoms with Crippen molar-refractivity contribution in [3.05, 3.63) is 0 Å². The highest BCUT2D eigenvalue weighted by atomic mass is 32.2. The number of hydrogen-bond acceptors (Lipinski definition) is 1. The molecular formula is C13H27NOS. The maximum Gasteiger partial charge on any atom is 0.144 e. The molecule has 0 aliphatic heterocycles. The first-order valence-corrected chi connectivity index (χ1v) is 7.51. The van der Waals surface area contributed by atoms with Crippen LogP contribution in [0.5, 0.6) is 0 Å². The van der Waals surface area contributed by atoms with Gasteiger partial charge >= 0.3 is 0 Å². The van der Waals surface area contributed by atoms with E-state index in [4.69, 9.17) is 0 Å². The van der Waals surface area contributed by atoms with E-state index in [1.54, 1.807) is 0 Å². The van der Waals surface area contributed by atoms with Crippen molar-refractivity contribution in [2.24, 2.45) is 4.40 Å². The summed E-state index contributed by atoms with van der Waals surface area (Å²) in [4.78, 5) is 0. The Labute approximate surface area is 104 Å². The van der Waals surface area contributed by atoms with Gasteiger partial charge in [-0.1, -0.05) is 26.7 Å². The second kappa shape index (κ2) is 7.99. The van der Waals surface area contributed by atoms with Crippen LogP contribution in [0, 0.1) is 0 Å². The van der Waals surface area contributed by atoms with Gasteiger partial charge in [-0.3, -0.25) is 0 Å². The average molecular weight is 245 g/mol. The van der Waals surface area contributed by atoms with E-state index in [1.807, 2.05) is 20.8 Å². The Bertz CT molecular complexity index is 231. The second-order valence-electron chi connectivity index (χ2n) is 5.23. The van der Waals surface area contributed by atoms with Crippen molar-refractivity contribution in [1.82, 2.24) is 0 Å². The van der Waals surface area contributed by atoms with Crippen LogP contribution in [0.3, 0.4) is 0 Å². The van der Waals surface area contributed by atoms with Gasteiger partial charge in [-0.25, -0.2) is 4.21 Å². The van der Waals surface area contributed by atoms with Gasteiger partial charge in [0.05, 0.1) is 4.75 Å². The molecular weight excluding hydrogens is 218 g/mol.